The molecule has 1 fully saturated rings. The molecule has 0 saturated carbocycles. The van der Waals surface area contributed by atoms with E-state index in [1.54, 1.807) is 7.11 Å². The summed E-state index contributed by atoms with van der Waals surface area (Å²) < 4.78 is 11.5. The number of ether oxygens (including phenoxy) is 2. The van der Waals surface area contributed by atoms with Gasteiger partial charge >= 0.3 is 0 Å². The van der Waals surface area contributed by atoms with E-state index in [0.717, 1.165) is 67.3 Å². The fourth-order valence-electron chi connectivity index (χ4n) is 3.76. The standard InChI is InChI=1S/C23H32N2O3/c1-17-16-22(18(2)19(3)23(17)26)28-15-7-10-24-11-13-25(14-12-24)20-8-5-6-9-21(20)27-4/h5-6,8-9,16,26H,7,10-15H2,1-4H3. The molecule has 1 N–H and O–H groups in total. The van der Waals surface area contributed by atoms with Crippen LogP contribution < -0.4 is 14.4 Å². The maximum atomic E-state index is 10.0. The van der Waals surface area contributed by atoms with E-state index < -0.39 is 0 Å². The van der Waals surface area contributed by atoms with Crippen LogP contribution in [-0.2, 0) is 0 Å². The molecule has 0 aliphatic carbocycles. The number of piperazine rings is 1. The van der Waals surface area contributed by atoms with Gasteiger partial charge in [-0.15, -0.1) is 0 Å². The first-order valence-electron chi connectivity index (χ1n) is 10.0. The summed E-state index contributed by atoms with van der Waals surface area (Å²) >= 11 is 0. The lowest BCUT2D eigenvalue weighted by atomic mass is 10.0. The van der Waals surface area contributed by atoms with E-state index >= 15 is 0 Å². The van der Waals surface area contributed by atoms with Gasteiger partial charge in [-0.1, -0.05) is 12.1 Å². The zero-order valence-electron chi connectivity index (χ0n) is 17.5. The molecule has 1 saturated heterocycles. The van der Waals surface area contributed by atoms with Crippen molar-refractivity contribution >= 4 is 5.69 Å². The third kappa shape index (κ3) is 4.53. The predicted molar refractivity (Wildman–Crippen MR) is 114 cm³/mol. The Bertz CT molecular complexity index is 799. The minimum Gasteiger partial charge on any atom is -0.507 e. The van der Waals surface area contributed by atoms with Gasteiger partial charge < -0.3 is 19.5 Å². The lowest BCUT2D eigenvalue weighted by molar-refractivity contribution is 0.223. The van der Waals surface area contributed by atoms with Crippen LogP contribution in [0.4, 0.5) is 5.69 Å². The third-order valence-corrected chi connectivity index (χ3v) is 5.68. The van der Waals surface area contributed by atoms with Gasteiger partial charge in [0.25, 0.3) is 0 Å². The minimum atomic E-state index is 0.373. The Balaban J connectivity index is 1.44. The highest BCUT2D eigenvalue weighted by atomic mass is 16.5. The molecule has 0 aromatic heterocycles. The molecule has 0 radical (unpaired) electrons. The average molecular weight is 385 g/mol. The molecular formula is C23H32N2O3. The predicted octanol–water partition coefficient (Wildman–Crippen LogP) is 3.92. The van der Waals surface area contributed by atoms with Crippen molar-refractivity contribution in [2.75, 3.05) is 51.3 Å². The van der Waals surface area contributed by atoms with Crippen LogP contribution in [0.1, 0.15) is 23.1 Å². The molecular weight excluding hydrogens is 352 g/mol. The summed E-state index contributed by atoms with van der Waals surface area (Å²) in [4.78, 5) is 4.90. The van der Waals surface area contributed by atoms with Crippen LogP contribution in [0.15, 0.2) is 30.3 Å². The van der Waals surface area contributed by atoms with Crippen LogP contribution in [0.3, 0.4) is 0 Å². The van der Waals surface area contributed by atoms with Gasteiger partial charge in [0.1, 0.15) is 17.2 Å². The van der Waals surface area contributed by atoms with Crippen molar-refractivity contribution in [1.82, 2.24) is 4.90 Å². The zero-order valence-corrected chi connectivity index (χ0v) is 17.5. The minimum absolute atomic E-state index is 0.373. The summed E-state index contributed by atoms with van der Waals surface area (Å²) in [6.45, 7) is 11.7. The molecule has 0 unspecified atom stereocenters. The fourth-order valence-corrected chi connectivity index (χ4v) is 3.76. The van der Waals surface area contributed by atoms with Crippen LogP contribution in [0.2, 0.25) is 0 Å². The number of anilines is 1. The van der Waals surface area contributed by atoms with E-state index in [9.17, 15) is 5.11 Å². The van der Waals surface area contributed by atoms with Crippen LogP contribution in [-0.4, -0.2) is 56.4 Å². The number of rotatable bonds is 7. The number of benzene rings is 2. The number of phenolic OH excluding ortho intramolecular Hbond substituents is 1. The number of para-hydroxylation sites is 2. The number of methoxy groups -OCH3 is 1. The van der Waals surface area contributed by atoms with Crippen molar-refractivity contribution < 1.29 is 14.6 Å². The van der Waals surface area contributed by atoms with Gasteiger partial charge in [0.2, 0.25) is 0 Å². The van der Waals surface area contributed by atoms with Crippen LogP contribution >= 0.6 is 0 Å². The van der Waals surface area contributed by atoms with E-state index in [-0.39, 0.29) is 0 Å². The monoisotopic (exact) mass is 384 g/mol. The average Bonchev–Trinajstić information content (AvgIpc) is 2.73. The Morgan fingerprint density at radius 1 is 0.964 bits per heavy atom. The van der Waals surface area contributed by atoms with Gasteiger partial charge in [-0.25, -0.2) is 0 Å². The summed E-state index contributed by atoms with van der Waals surface area (Å²) in [6, 6.07) is 10.2. The molecule has 1 aliphatic rings. The molecule has 1 heterocycles. The molecule has 152 valence electrons. The van der Waals surface area contributed by atoms with E-state index in [1.807, 2.05) is 39.0 Å². The highest BCUT2D eigenvalue weighted by Crippen LogP contribution is 2.32. The van der Waals surface area contributed by atoms with Gasteiger partial charge in [0, 0.05) is 32.7 Å². The molecule has 0 amide bonds. The summed E-state index contributed by atoms with van der Waals surface area (Å²) in [6.07, 6.45) is 0.993. The van der Waals surface area contributed by atoms with Gasteiger partial charge in [-0.05, 0) is 62.1 Å². The fraction of sp³-hybridized carbons (Fsp3) is 0.478. The summed E-state index contributed by atoms with van der Waals surface area (Å²) in [5.41, 5.74) is 3.98. The zero-order chi connectivity index (χ0) is 20.1. The van der Waals surface area contributed by atoms with E-state index in [0.29, 0.717) is 12.4 Å². The normalized spacial score (nSPS) is 14.9. The smallest absolute Gasteiger partial charge is 0.142 e. The number of hydrogen-bond acceptors (Lipinski definition) is 5. The van der Waals surface area contributed by atoms with Gasteiger partial charge in [-0.2, -0.15) is 0 Å². The Labute approximate surface area is 168 Å². The molecule has 3 rings (SSSR count). The highest BCUT2D eigenvalue weighted by molar-refractivity contribution is 5.58. The van der Waals surface area contributed by atoms with Crippen molar-refractivity contribution in [3.05, 3.63) is 47.0 Å². The molecule has 5 nitrogen and oxygen atoms in total. The Morgan fingerprint density at radius 2 is 1.68 bits per heavy atom. The highest BCUT2D eigenvalue weighted by Gasteiger charge is 2.19. The summed E-state index contributed by atoms with van der Waals surface area (Å²) in [5, 5.41) is 10.0. The lowest BCUT2D eigenvalue weighted by Crippen LogP contribution is -2.46. The first kappa shape index (κ1) is 20.3. The molecule has 2 aromatic rings. The van der Waals surface area contributed by atoms with Crippen LogP contribution in [0.25, 0.3) is 0 Å². The Hall–Kier alpha value is -2.40. The second-order valence-electron chi connectivity index (χ2n) is 7.49. The van der Waals surface area contributed by atoms with Gasteiger partial charge in [0.05, 0.1) is 19.4 Å². The Kier molecular flexibility index (Phi) is 6.68. The van der Waals surface area contributed by atoms with E-state index in [1.165, 1.54) is 5.69 Å². The maximum absolute atomic E-state index is 10.0. The van der Waals surface area contributed by atoms with Crippen molar-refractivity contribution in [3.8, 4) is 17.2 Å². The number of hydrogen-bond donors (Lipinski definition) is 1. The van der Waals surface area contributed by atoms with Crippen molar-refractivity contribution in [2.24, 2.45) is 0 Å². The first-order chi connectivity index (χ1) is 13.5. The molecule has 0 bridgehead atoms. The molecule has 5 heteroatoms. The quantitative estimate of drug-likeness (QED) is 0.733. The molecule has 0 spiro atoms. The van der Waals surface area contributed by atoms with E-state index in [4.69, 9.17) is 9.47 Å². The maximum Gasteiger partial charge on any atom is 0.142 e. The van der Waals surface area contributed by atoms with Gasteiger partial charge in [0.15, 0.2) is 0 Å². The molecule has 2 aromatic carbocycles. The largest absolute Gasteiger partial charge is 0.507 e. The van der Waals surface area contributed by atoms with Crippen molar-refractivity contribution in [2.45, 2.75) is 27.2 Å². The number of aromatic hydroxyl groups is 1. The van der Waals surface area contributed by atoms with Gasteiger partial charge in [-0.3, -0.25) is 4.90 Å². The van der Waals surface area contributed by atoms with Crippen LogP contribution in [0, 0.1) is 20.8 Å². The van der Waals surface area contributed by atoms with Crippen molar-refractivity contribution in [1.29, 1.82) is 0 Å². The lowest BCUT2D eigenvalue weighted by Gasteiger charge is -2.36. The number of phenols is 1. The molecule has 0 atom stereocenters. The number of aryl methyl sites for hydroxylation is 1. The van der Waals surface area contributed by atoms with Crippen LogP contribution in [0.5, 0.6) is 17.2 Å². The topological polar surface area (TPSA) is 45.2 Å². The molecule has 28 heavy (non-hydrogen) atoms. The SMILES string of the molecule is COc1ccccc1N1CCN(CCCOc2cc(C)c(O)c(C)c2C)CC1. The van der Waals surface area contributed by atoms with E-state index in [2.05, 4.69) is 21.9 Å². The van der Waals surface area contributed by atoms with Crippen molar-refractivity contribution in [3.63, 3.8) is 0 Å². The first-order valence-corrected chi connectivity index (χ1v) is 10.0. The number of nitrogens with zero attached hydrogens (tertiary/aromatic N) is 2. The second kappa shape index (κ2) is 9.20. The Morgan fingerprint density at radius 3 is 2.39 bits per heavy atom. The summed E-state index contributed by atoms with van der Waals surface area (Å²) in [5.74, 6) is 2.20. The molecule has 1 aliphatic heterocycles. The third-order valence-electron chi connectivity index (χ3n) is 5.68. The second-order valence-corrected chi connectivity index (χ2v) is 7.49. The summed E-state index contributed by atoms with van der Waals surface area (Å²) in [7, 11) is 1.73.